The summed E-state index contributed by atoms with van der Waals surface area (Å²) in [6, 6.07) is 4.74. The molecule has 0 unspecified atom stereocenters. The third-order valence-electron chi connectivity index (χ3n) is 8.54. The molecular weight excluding hydrogens is 527 g/mol. The van der Waals surface area contributed by atoms with Crippen LogP contribution in [-0.4, -0.2) is 87.7 Å². The van der Waals surface area contributed by atoms with Crippen LogP contribution in [0.4, 0.5) is 10.3 Å². The third kappa shape index (κ3) is 8.83. The number of rotatable bonds is 15. The Kier molecular flexibility index (Phi) is 11.3. The Morgan fingerprint density at radius 1 is 1.07 bits per heavy atom. The molecule has 0 atom stereocenters. The van der Waals surface area contributed by atoms with Crippen LogP contribution in [0, 0.1) is 17.7 Å². The van der Waals surface area contributed by atoms with Crippen LogP contribution in [-0.2, 0) is 17.6 Å². The zero-order valence-electron chi connectivity index (χ0n) is 24.2. The molecule has 41 heavy (non-hydrogen) atoms. The van der Waals surface area contributed by atoms with Crippen LogP contribution >= 0.6 is 0 Å². The number of carbonyl (C=O) groups is 1. The zero-order valence-corrected chi connectivity index (χ0v) is 24.2. The van der Waals surface area contributed by atoms with Crippen molar-refractivity contribution in [1.82, 2.24) is 14.9 Å². The first-order valence-electron chi connectivity index (χ1n) is 15.0. The molecule has 226 valence electrons. The van der Waals surface area contributed by atoms with Gasteiger partial charge in [0.15, 0.2) is 0 Å². The second-order valence-corrected chi connectivity index (χ2v) is 11.7. The van der Waals surface area contributed by atoms with Crippen molar-refractivity contribution in [2.24, 2.45) is 11.8 Å². The minimum absolute atomic E-state index is 0.0140. The lowest BCUT2D eigenvalue weighted by molar-refractivity contribution is -0.137. The molecule has 0 radical (unpaired) electrons. The van der Waals surface area contributed by atoms with Crippen molar-refractivity contribution >= 4 is 11.9 Å². The van der Waals surface area contributed by atoms with Crippen LogP contribution in [0.5, 0.6) is 5.75 Å². The number of halogens is 1. The van der Waals surface area contributed by atoms with Crippen LogP contribution < -0.4 is 9.64 Å². The molecule has 0 saturated carbocycles. The summed E-state index contributed by atoms with van der Waals surface area (Å²) in [6.45, 7) is 4.82. The average Bonchev–Trinajstić information content (AvgIpc) is 2.98. The summed E-state index contributed by atoms with van der Waals surface area (Å²) in [4.78, 5) is 25.6. The lowest BCUT2D eigenvalue weighted by atomic mass is 9.90. The number of carbonyl (C=O) groups excluding carboxylic acids is 1. The highest BCUT2D eigenvalue weighted by Crippen LogP contribution is 2.27. The van der Waals surface area contributed by atoms with E-state index < -0.39 is 24.6 Å². The SMILES string of the molecule is CCc1cnc(N2CCC(CCCOc3ccc(CC(=O)N4CC(CCCC(O)(CO)CO)C4)c(F)c3)CC2)nc1. The van der Waals surface area contributed by atoms with Gasteiger partial charge in [0.25, 0.3) is 0 Å². The molecule has 2 fully saturated rings. The van der Waals surface area contributed by atoms with Crippen molar-refractivity contribution in [3.63, 3.8) is 0 Å². The Labute approximate surface area is 242 Å². The standard InChI is InChI=1S/C31H45FN4O5/c1-2-23-17-33-30(34-18-23)35-12-9-24(10-13-35)6-4-14-41-27-8-7-26(28(32)16-27)15-29(39)36-19-25(20-36)5-3-11-31(40,21-37)22-38/h7-8,16-18,24-25,37-38,40H,2-6,9-15,19-22H2,1H3. The monoisotopic (exact) mass is 572 g/mol. The number of aryl methyl sites for hydroxylation is 1. The molecule has 1 amide bonds. The molecule has 4 rings (SSSR count). The Hall–Kier alpha value is -2.82. The van der Waals surface area contributed by atoms with Crippen LogP contribution in [0.25, 0.3) is 0 Å². The molecule has 3 N–H and O–H groups in total. The van der Waals surface area contributed by atoms with Gasteiger partial charge in [0.1, 0.15) is 17.2 Å². The molecule has 9 nitrogen and oxygen atoms in total. The topological polar surface area (TPSA) is 119 Å². The van der Waals surface area contributed by atoms with Crippen molar-refractivity contribution in [3.8, 4) is 5.75 Å². The molecular formula is C31H45FN4O5. The second kappa shape index (κ2) is 14.9. The molecule has 0 bridgehead atoms. The van der Waals surface area contributed by atoms with Gasteiger partial charge >= 0.3 is 0 Å². The van der Waals surface area contributed by atoms with E-state index in [1.807, 2.05) is 12.4 Å². The fourth-order valence-corrected chi connectivity index (χ4v) is 5.60. The summed E-state index contributed by atoms with van der Waals surface area (Å²) < 4.78 is 20.5. The number of aromatic nitrogens is 2. The van der Waals surface area contributed by atoms with Gasteiger partial charge in [-0.3, -0.25) is 4.79 Å². The quantitative estimate of drug-likeness (QED) is 0.279. The second-order valence-electron chi connectivity index (χ2n) is 11.7. The molecule has 2 aliphatic heterocycles. The first kappa shape index (κ1) is 31.1. The predicted molar refractivity (Wildman–Crippen MR) is 154 cm³/mol. The van der Waals surface area contributed by atoms with E-state index in [2.05, 4.69) is 21.8 Å². The van der Waals surface area contributed by atoms with Gasteiger partial charge in [-0.05, 0) is 80.4 Å². The fraction of sp³-hybridized carbons (Fsp3) is 0.645. The highest BCUT2D eigenvalue weighted by atomic mass is 19.1. The predicted octanol–water partition coefficient (Wildman–Crippen LogP) is 3.14. The molecule has 0 spiro atoms. The van der Waals surface area contributed by atoms with Crippen molar-refractivity contribution < 1.29 is 29.2 Å². The maximum Gasteiger partial charge on any atom is 0.227 e. The van der Waals surface area contributed by atoms with Crippen molar-refractivity contribution in [1.29, 1.82) is 0 Å². The van der Waals surface area contributed by atoms with E-state index >= 15 is 0 Å². The maximum atomic E-state index is 14.7. The normalized spacial score (nSPS) is 16.6. The number of hydrogen-bond acceptors (Lipinski definition) is 8. The van der Waals surface area contributed by atoms with E-state index in [4.69, 9.17) is 14.9 Å². The molecule has 3 heterocycles. The number of ether oxygens (including phenoxy) is 1. The van der Waals surface area contributed by atoms with Crippen LogP contribution in [0.15, 0.2) is 30.6 Å². The minimum atomic E-state index is -1.44. The number of anilines is 1. The number of aliphatic hydroxyl groups is 3. The van der Waals surface area contributed by atoms with E-state index in [9.17, 15) is 14.3 Å². The van der Waals surface area contributed by atoms with Gasteiger partial charge in [0, 0.05) is 44.6 Å². The van der Waals surface area contributed by atoms with E-state index in [1.165, 1.54) is 6.07 Å². The lowest BCUT2D eigenvalue weighted by Gasteiger charge is -2.40. The molecule has 1 aromatic carbocycles. The average molecular weight is 573 g/mol. The summed E-state index contributed by atoms with van der Waals surface area (Å²) in [5.74, 6) is 1.72. The van der Waals surface area contributed by atoms with Gasteiger partial charge in [0.05, 0.1) is 26.2 Å². The van der Waals surface area contributed by atoms with Crippen LogP contribution in [0.2, 0.25) is 0 Å². The highest BCUT2D eigenvalue weighted by Gasteiger charge is 2.32. The summed E-state index contributed by atoms with van der Waals surface area (Å²) >= 11 is 0. The first-order valence-corrected chi connectivity index (χ1v) is 15.0. The smallest absolute Gasteiger partial charge is 0.227 e. The van der Waals surface area contributed by atoms with Gasteiger partial charge in [-0.15, -0.1) is 0 Å². The van der Waals surface area contributed by atoms with Gasteiger partial charge < -0.3 is 29.9 Å². The van der Waals surface area contributed by atoms with Gasteiger partial charge in [-0.2, -0.15) is 0 Å². The molecule has 2 saturated heterocycles. The zero-order chi connectivity index (χ0) is 29.2. The van der Waals surface area contributed by atoms with Gasteiger partial charge in [-0.1, -0.05) is 13.0 Å². The summed E-state index contributed by atoms with van der Waals surface area (Å²) in [5, 5.41) is 28.3. The Bertz CT molecular complexity index is 1100. The number of amides is 1. The van der Waals surface area contributed by atoms with E-state index in [0.717, 1.165) is 63.1 Å². The first-order chi connectivity index (χ1) is 19.8. The Morgan fingerprint density at radius 3 is 2.39 bits per heavy atom. The van der Waals surface area contributed by atoms with E-state index in [0.29, 0.717) is 55.7 Å². The van der Waals surface area contributed by atoms with Gasteiger partial charge in [-0.25, -0.2) is 14.4 Å². The van der Waals surface area contributed by atoms with E-state index in [-0.39, 0.29) is 12.3 Å². The van der Waals surface area contributed by atoms with Crippen LogP contribution in [0.1, 0.15) is 63.0 Å². The minimum Gasteiger partial charge on any atom is -0.493 e. The van der Waals surface area contributed by atoms with E-state index in [1.54, 1.807) is 17.0 Å². The summed E-state index contributed by atoms with van der Waals surface area (Å²) in [7, 11) is 0. The van der Waals surface area contributed by atoms with Crippen molar-refractivity contribution in [3.05, 3.63) is 47.5 Å². The summed E-state index contributed by atoms with van der Waals surface area (Å²) in [5.41, 5.74) is 0.0703. The fourth-order valence-electron chi connectivity index (χ4n) is 5.60. The molecule has 10 heteroatoms. The molecule has 0 aliphatic carbocycles. The lowest BCUT2D eigenvalue weighted by Crippen LogP contribution is -2.50. The molecule has 1 aromatic heterocycles. The number of benzene rings is 1. The Balaban J connectivity index is 1.10. The maximum absolute atomic E-state index is 14.7. The Morgan fingerprint density at radius 2 is 1.76 bits per heavy atom. The van der Waals surface area contributed by atoms with Gasteiger partial charge in [0.2, 0.25) is 11.9 Å². The summed E-state index contributed by atoms with van der Waals surface area (Å²) in [6.07, 6.45) is 10.7. The van der Waals surface area contributed by atoms with Crippen molar-refractivity contribution in [2.75, 3.05) is 50.9 Å². The molecule has 2 aromatic rings. The number of likely N-dealkylation sites (tertiary alicyclic amines) is 1. The molecule has 2 aliphatic rings. The number of aliphatic hydroxyl groups excluding tert-OH is 2. The largest absolute Gasteiger partial charge is 0.493 e. The number of piperidine rings is 1. The number of nitrogens with zero attached hydrogens (tertiary/aromatic N) is 4. The van der Waals surface area contributed by atoms with Crippen LogP contribution in [0.3, 0.4) is 0 Å². The highest BCUT2D eigenvalue weighted by molar-refractivity contribution is 5.79. The third-order valence-corrected chi connectivity index (χ3v) is 8.54. The number of hydrogen-bond donors (Lipinski definition) is 3. The van der Waals surface area contributed by atoms with Crippen molar-refractivity contribution in [2.45, 2.75) is 70.3 Å².